The Labute approximate surface area is 110 Å². The normalized spacial score (nSPS) is 37.2. The Morgan fingerprint density at radius 1 is 1.28 bits per heavy atom. The lowest BCUT2D eigenvalue weighted by Gasteiger charge is -2.30. The van der Waals surface area contributed by atoms with E-state index in [1.807, 2.05) is 0 Å². The molecule has 1 saturated carbocycles. The molecule has 1 saturated heterocycles. The minimum atomic E-state index is 0.143. The van der Waals surface area contributed by atoms with Gasteiger partial charge in [-0.1, -0.05) is 6.92 Å². The lowest BCUT2D eigenvalue weighted by Crippen LogP contribution is -2.41. The minimum Gasteiger partial charge on any atom is -0.381 e. The molecule has 0 aromatic carbocycles. The number of hydrogen-bond acceptors (Lipinski definition) is 3. The molecule has 104 valence electrons. The number of nitrogens with one attached hydrogen (secondary N) is 1. The van der Waals surface area contributed by atoms with E-state index in [0.29, 0.717) is 17.9 Å². The third-order valence-electron chi connectivity index (χ3n) is 4.43. The number of hydrogen-bond donors (Lipinski definition) is 2. The highest BCUT2D eigenvalue weighted by molar-refractivity contribution is 5.79. The lowest BCUT2D eigenvalue weighted by molar-refractivity contribution is -0.130. The molecule has 0 aromatic heterocycles. The molecular formula is C14H26N2O2. The average Bonchev–Trinajstić information content (AvgIpc) is 2.38. The molecule has 3 N–H and O–H groups in total. The van der Waals surface area contributed by atoms with Gasteiger partial charge in [-0.05, 0) is 43.9 Å². The van der Waals surface area contributed by atoms with Crippen LogP contribution < -0.4 is 11.1 Å². The first-order chi connectivity index (χ1) is 8.66. The van der Waals surface area contributed by atoms with Crippen molar-refractivity contribution >= 4 is 5.91 Å². The van der Waals surface area contributed by atoms with Crippen molar-refractivity contribution in [2.45, 2.75) is 45.1 Å². The molecule has 0 aromatic rings. The first-order valence-corrected chi connectivity index (χ1v) is 7.28. The molecule has 1 heterocycles. The molecule has 1 aliphatic heterocycles. The summed E-state index contributed by atoms with van der Waals surface area (Å²) in [6.45, 7) is 4.37. The first kappa shape index (κ1) is 13.8. The second-order valence-electron chi connectivity index (χ2n) is 5.97. The lowest BCUT2D eigenvalue weighted by atomic mass is 9.85. The molecule has 0 bridgehead atoms. The Morgan fingerprint density at radius 2 is 2.00 bits per heavy atom. The minimum absolute atomic E-state index is 0.143. The van der Waals surface area contributed by atoms with Gasteiger partial charge < -0.3 is 15.8 Å². The van der Waals surface area contributed by atoms with Crippen molar-refractivity contribution in [2.24, 2.45) is 23.5 Å². The van der Waals surface area contributed by atoms with Gasteiger partial charge in [-0.3, -0.25) is 4.79 Å². The first-order valence-electron chi connectivity index (χ1n) is 7.28. The van der Waals surface area contributed by atoms with Gasteiger partial charge in [-0.2, -0.15) is 0 Å². The zero-order chi connectivity index (χ0) is 13.0. The molecule has 0 spiro atoms. The molecule has 18 heavy (non-hydrogen) atoms. The van der Waals surface area contributed by atoms with Crippen molar-refractivity contribution < 1.29 is 9.53 Å². The summed E-state index contributed by atoms with van der Waals surface area (Å²) in [5.74, 6) is 1.34. The summed E-state index contributed by atoms with van der Waals surface area (Å²) in [6, 6.07) is 0.382. The summed E-state index contributed by atoms with van der Waals surface area (Å²) in [7, 11) is 0. The van der Waals surface area contributed by atoms with Crippen LogP contribution in [-0.4, -0.2) is 31.7 Å². The zero-order valence-electron chi connectivity index (χ0n) is 11.4. The Balaban J connectivity index is 1.71. The van der Waals surface area contributed by atoms with Gasteiger partial charge in [0.05, 0.1) is 0 Å². The summed E-state index contributed by atoms with van der Waals surface area (Å²) in [6.07, 6.45) is 5.39. The summed E-state index contributed by atoms with van der Waals surface area (Å²) >= 11 is 0. The van der Waals surface area contributed by atoms with Crippen molar-refractivity contribution in [2.75, 3.05) is 19.8 Å². The van der Waals surface area contributed by atoms with Crippen LogP contribution in [0.25, 0.3) is 0 Å². The van der Waals surface area contributed by atoms with Crippen LogP contribution in [0.4, 0.5) is 0 Å². The smallest absolute Gasteiger partial charge is 0.223 e. The number of carbonyl (C=O) groups excluding carboxylic acids is 1. The van der Waals surface area contributed by atoms with E-state index in [1.54, 1.807) is 0 Å². The van der Waals surface area contributed by atoms with Gasteiger partial charge in [0, 0.05) is 31.7 Å². The Kier molecular flexibility index (Phi) is 5.01. The molecule has 2 aliphatic rings. The maximum Gasteiger partial charge on any atom is 0.223 e. The maximum absolute atomic E-state index is 12.1. The fourth-order valence-electron chi connectivity index (χ4n) is 3.04. The molecule has 2 atom stereocenters. The van der Waals surface area contributed by atoms with Gasteiger partial charge in [0.2, 0.25) is 5.91 Å². The third kappa shape index (κ3) is 3.69. The Morgan fingerprint density at radius 3 is 2.67 bits per heavy atom. The van der Waals surface area contributed by atoms with Gasteiger partial charge in [0.25, 0.3) is 0 Å². The Bertz CT molecular complexity index is 275. The number of rotatable bonds is 3. The average molecular weight is 254 g/mol. The largest absolute Gasteiger partial charge is 0.381 e. The summed E-state index contributed by atoms with van der Waals surface area (Å²) in [5.41, 5.74) is 5.89. The van der Waals surface area contributed by atoms with Crippen LogP contribution in [0.3, 0.4) is 0 Å². The summed E-state index contributed by atoms with van der Waals surface area (Å²) in [4.78, 5) is 12.1. The predicted molar refractivity (Wildman–Crippen MR) is 71.0 cm³/mol. The van der Waals surface area contributed by atoms with Crippen LogP contribution in [0, 0.1) is 17.8 Å². The molecule has 1 aliphatic carbocycles. The highest BCUT2D eigenvalue weighted by Gasteiger charge is 2.28. The fourth-order valence-corrected chi connectivity index (χ4v) is 3.04. The number of amides is 1. The van der Waals surface area contributed by atoms with Crippen LogP contribution >= 0.6 is 0 Å². The van der Waals surface area contributed by atoms with Gasteiger partial charge in [0.15, 0.2) is 0 Å². The van der Waals surface area contributed by atoms with Gasteiger partial charge in [-0.15, -0.1) is 0 Å². The number of ether oxygens (including phenoxy) is 1. The van der Waals surface area contributed by atoms with Gasteiger partial charge in [-0.25, -0.2) is 0 Å². The van der Waals surface area contributed by atoms with Crippen molar-refractivity contribution in [3.05, 3.63) is 0 Å². The topological polar surface area (TPSA) is 64.3 Å². The fraction of sp³-hybridized carbons (Fsp3) is 0.929. The zero-order valence-corrected chi connectivity index (χ0v) is 11.4. The van der Waals surface area contributed by atoms with E-state index in [2.05, 4.69) is 12.2 Å². The van der Waals surface area contributed by atoms with Crippen molar-refractivity contribution in [3.8, 4) is 0 Å². The second-order valence-corrected chi connectivity index (χ2v) is 5.97. The van der Waals surface area contributed by atoms with E-state index in [1.165, 1.54) is 0 Å². The van der Waals surface area contributed by atoms with Crippen LogP contribution in [0.1, 0.15) is 39.0 Å². The van der Waals surface area contributed by atoms with E-state index in [-0.39, 0.29) is 11.8 Å². The van der Waals surface area contributed by atoms with E-state index < -0.39 is 0 Å². The number of nitrogens with two attached hydrogens (primary N) is 1. The van der Waals surface area contributed by atoms with Crippen LogP contribution in [0.15, 0.2) is 0 Å². The van der Waals surface area contributed by atoms with Crippen molar-refractivity contribution in [3.63, 3.8) is 0 Å². The van der Waals surface area contributed by atoms with E-state index in [0.717, 1.165) is 51.9 Å². The summed E-state index contributed by atoms with van der Waals surface area (Å²) in [5, 5.41) is 3.13. The van der Waals surface area contributed by atoms with Crippen LogP contribution in [-0.2, 0) is 9.53 Å². The molecular weight excluding hydrogens is 228 g/mol. The molecule has 1 amide bonds. The quantitative estimate of drug-likeness (QED) is 0.797. The summed E-state index contributed by atoms with van der Waals surface area (Å²) < 4.78 is 5.37. The van der Waals surface area contributed by atoms with E-state index >= 15 is 0 Å². The molecule has 2 fully saturated rings. The third-order valence-corrected chi connectivity index (χ3v) is 4.43. The molecule has 2 unspecified atom stereocenters. The van der Waals surface area contributed by atoms with E-state index in [4.69, 9.17) is 10.5 Å². The van der Waals surface area contributed by atoms with E-state index in [9.17, 15) is 4.79 Å². The predicted octanol–water partition coefficient (Wildman–Crippen LogP) is 1.29. The SMILES string of the molecule is CC1COCCC1C(=O)NCC1CCC(N)CC1. The van der Waals surface area contributed by atoms with Crippen LogP contribution in [0.2, 0.25) is 0 Å². The number of carbonyl (C=O) groups is 1. The van der Waals surface area contributed by atoms with Crippen molar-refractivity contribution in [1.82, 2.24) is 5.32 Å². The standard InChI is InChI=1S/C14H26N2O2/c1-10-9-18-7-6-13(10)14(17)16-8-11-2-4-12(15)5-3-11/h10-13H,2-9,15H2,1H3,(H,16,17). The van der Waals surface area contributed by atoms with Gasteiger partial charge in [0.1, 0.15) is 0 Å². The molecule has 0 radical (unpaired) electrons. The maximum atomic E-state index is 12.1. The van der Waals surface area contributed by atoms with Gasteiger partial charge >= 0.3 is 0 Å². The van der Waals surface area contributed by atoms with Crippen LogP contribution in [0.5, 0.6) is 0 Å². The Hall–Kier alpha value is -0.610. The molecule has 4 heteroatoms. The highest BCUT2D eigenvalue weighted by atomic mass is 16.5. The monoisotopic (exact) mass is 254 g/mol. The highest BCUT2D eigenvalue weighted by Crippen LogP contribution is 2.24. The second kappa shape index (κ2) is 6.53. The van der Waals surface area contributed by atoms with Crippen molar-refractivity contribution in [1.29, 1.82) is 0 Å². The molecule has 2 rings (SSSR count). The molecule has 4 nitrogen and oxygen atoms in total.